The van der Waals surface area contributed by atoms with Crippen LogP contribution in [0.1, 0.15) is 57.5 Å². The molecule has 0 fully saturated rings. The monoisotopic (exact) mass is 518 g/mol. The number of H-pyrrole nitrogens is 2. The largest absolute Gasteiger partial charge is 0.358 e. The lowest BCUT2D eigenvalue weighted by Crippen LogP contribution is -2.23. The topological polar surface area (TPSA) is 82.3 Å². The molecule has 0 atom stereocenters. The van der Waals surface area contributed by atoms with E-state index >= 15 is 0 Å². The zero-order valence-corrected chi connectivity index (χ0v) is 23.7. The summed E-state index contributed by atoms with van der Waals surface area (Å²) in [5.41, 5.74) is 8.47. The highest BCUT2D eigenvalue weighted by molar-refractivity contribution is 5.89. The van der Waals surface area contributed by atoms with Crippen LogP contribution in [0.15, 0.2) is 79.8 Å². The van der Waals surface area contributed by atoms with Crippen LogP contribution in [0, 0.1) is 12.3 Å². The number of hydrogen-bond acceptors (Lipinski definition) is 4. The summed E-state index contributed by atoms with van der Waals surface area (Å²) in [5.74, 6) is 0.690. The zero-order chi connectivity index (χ0) is 28.2. The Labute approximate surface area is 231 Å². The van der Waals surface area contributed by atoms with E-state index in [1.54, 1.807) is 12.3 Å². The van der Waals surface area contributed by atoms with Crippen LogP contribution in [0.2, 0.25) is 0 Å². The number of aromatic amines is 2. The molecule has 0 saturated heterocycles. The van der Waals surface area contributed by atoms with Crippen molar-refractivity contribution in [2.75, 3.05) is 5.32 Å². The van der Waals surface area contributed by atoms with E-state index in [4.69, 9.17) is 4.98 Å². The van der Waals surface area contributed by atoms with Crippen molar-refractivity contribution in [3.8, 4) is 11.5 Å². The molecular formula is C33H38N6. The SMILES string of the molecule is C=C/C=C(/C1=CCC=C1)c1nc(-c2n[nH]c(=C/C)/c2=C\C(=C)c2cncc(NC(=C)CC(C)(C)C)c2)[nH]c1C. The fourth-order valence-electron chi connectivity index (χ4n) is 4.66. The second kappa shape index (κ2) is 11.5. The van der Waals surface area contributed by atoms with Crippen LogP contribution in [0.5, 0.6) is 0 Å². The molecule has 1 aliphatic carbocycles. The van der Waals surface area contributed by atoms with Crippen molar-refractivity contribution in [2.24, 2.45) is 5.41 Å². The number of allylic oxidation sites excluding steroid dienone is 9. The Morgan fingerprint density at radius 3 is 2.67 bits per heavy atom. The number of nitrogens with zero attached hydrogens (tertiary/aromatic N) is 3. The summed E-state index contributed by atoms with van der Waals surface area (Å²) in [6, 6.07) is 2.04. The number of pyridine rings is 1. The maximum absolute atomic E-state index is 4.98. The first-order valence-corrected chi connectivity index (χ1v) is 13.2. The fourth-order valence-corrected chi connectivity index (χ4v) is 4.66. The van der Waals surface area contributed by atoms with Crippen molar-refractivity contribution in [3.63, 3.8) is 0 Å². The third-order valence-electron chi connectivity index (χ3n) is 6.35. The Bertz CT molecular complexity index is 1630. The summed E-state index contributed by atoms with van der Waals surface area (Å²) in [6.45, 7) is 23.0. The molecular weight excluding hydrogens is 480 g/mol. The van der Waals surface area contributed by atoms with Gasteiger partial charge in [-0.15, -0.1) is 0 Å². The van der Waals surface area contributed by atoms with Crippen molar-refractivity contribution in [3.05, 3.63) is 107 Å². The predicted octanol–water partition coefficient (Wildman–Crippen LogP) is 6.62. The first kappa shape index (κ1) is 27.6. The zero-order valence-electron chi connectivity index (χ0n) is 23.7. The summed E-state index contributed by atoms with van der Waals surface area (Å²) in [6.07, 6.45) is 19.7. The maximum Gasteiger partial charge on any atom is 0.159 e. The van der Waals surface area contributed by atoms with E-state index in [1.807, 2.05) is 44.3 Å². The smallest absolute Gasteiger partial charge is 0.159 e. The summed E-state index contributed by atoms with van der Waals surface area (Å²) in [7, 11) is 0. The maximum atomic E-state index is 4.98. The van der Waals surface area contributed by atoms with Crippen LogP contribution >= 0.6 is 0 Å². The number of nitrogens with one attached hydrogen (secondary N) is 3. The van der Waals surface area contributed by atoms with E-state index in [2.05, 4.69) is 84.2 Å². The van der Waals surface area contributed by atoms with Crippen molar-refractivity contribution >= 4 is 29.0 Å². The van der Waals surface area contributed by atoms with E-state index in [-0.39, 0.29) is 5.41 Å². The fraction of sp³-hybridized carbons (Fsp3) is 0.242. The summed E-state index contributed by atoms with van der Waals surface area (Å²) >= 11 is 0. The van der Waals surface area contributed by atoms with Gasteiger partial charge >= 0.3 is 0 Å². The highest BCUT2D eigenvalue weighted by Gasteiger charge is 2.18. The van der Waals surface area contributed by atoms with Gasteiger partial charge in [0.15, 0.2) is 5.82 Å². The highest BCUT2D eigenvalue weighted by atomic mass is 15.1. The van der Waals surface area contributed by atoms with E-state index in [9.17, 15) is 0 Å². The van der Waals surface area contributed by atoms with Crippen LogP contribution in [0.4, 0.5) is 5.69 Å². The average molecular weight is 519 g/mol. The number of anilines is 1. The lowest BCUT2D eigenvalue weighted by atomic mass is 9.91. The Hall–Kier alpha value is -4.45. The van der Waals surface area contributed by atoms with Gasteiger partial charge < -0.3 is 10.3 Å². The molecule has 4 rings (SSSR count). The van der Waals surface area contributed by atoms with Crippen molar-refractivity contribution in [2.45, 2.75) is 47.5 Å². The second-order valence-electron chi connectivity index (χ2n) is 11.0. The summed E-state index contributed by atoms with van der Waals surface area (Å²) < 4.78 is 0. The molecule has 6 heteroatoms. The van der Waals surface area contributed by atoms with E-state index < -0.39 is 0 Å². The van der Waals surface area contributed by atoms with E-state index in [0.29, 0.717) is 5.82 Å². The number of hydrogen-bond donors (Lipinski definition) is 3. The third kappa shape index (κ3) is 6.52. The van der Waals surface area contributed by atoms with Crippen molar-refractivity contribution in [1.29, 1.82) is 0 Å². The molecule has 6 nitrogen and oxygen atoms in total. The number of imidazole rings is 1. The number of aromatic nitrogens is 5. The lowest BCUT2D eigenvalue weighted by Gasteiger charge is -2.20. The average Bonchev–Trinajstić information content (AvgIpc) is 3.62. The number of rotatable bonds is 9. The van der Waals surface area contributed by atoms with Crippen LogP contribution in [0.3, 0.4) is 0 Å². The molecule has 39 heavy (non-hydrogen) atoms. The van der Waals surface area contributed by atoms with Gasteiger partial charge in [-0.05, 0) is 55.4 Å². The van der Waals surface area contributed by atoms with E-state index in [1.165, 1.54) is 0 Å². The Morgan fingerprint density at radius 2 is 2.00 bits per heavy atom. The normalized spacial score (nSPS) is 14.6. The van der Waals surface area contributed by atoms with Crippen molar-refractivity contribution in [1.82, 2.24) is 25.1 Å². The molecule has 3 heterocycles. The van der Waals surface area contributed by atoms with Gasteiger partial charge in [0.1, 0.15) is 5.69 Å². The van der Waals surface area contributed by atoms with E-state index in [0.717, 1.165) is 74.2 Å². The minimum absolute atomic E-state index is 0.147. The Morgan fingerprint density at radius 1 is 1.21 bits per heavy atom. The van der Waals surface area contributed by atoms with Gasteiger partial charge in [0, 0.05) is 33.9 Å². The van der Waals surface area contributed by atoms with Gasteiger partial charge in [0.25, 0.3) is 0 Å². The summed E-state index contributed by atoms with van der Waals surface area (Å²) in [5, 5.41) is 13.0. The lowest BCUT2D eigenvalue weighted by molar-refractivity contribution is 0.411. The number of aryl methyl sites for hydroxylation is 1. The molecule has 0 unspecified atom stereocenters. The molecule has 0 saturated carbocycles. The molecule has 0 bridgehead atoms. The first-order valence-electron chi connectivity index (χ1n) is 13.2. The molecule has 0 radical (unpaired) electrons. The molecule has 3 N–H and O–H groups in total. The first-order chi connectivity index (χ1) is 18.6. The van der Waals surface area contributed by atoms with Crippen LogP contribution in [0.25, 0.3) is 34.8 Å². The predicted molar refractivity (Wildman–Crippen MR) is 165 cm³/mol. The molecule has 0 spiro atoms. The van der Waals surface area contributed by atoms with Gasteiger partial charge in [-0.1, -0.05) is 77.0 Å². The van der Waals surface area contributed by atoms with Gasteiger partial charge in [0.2, 0.25) is 0 Å². The van der Waals surface area contributed by atoms with Gasteiger partial charge in [0.05, 0.1) is 22.9 Å². The summed E-state index contributed by atoms with van der Waals surface area (Å²) in [4.78, 5) is 12.9. The Balaban J connectivity index is 1.70. The van der Waals surface area contributed by atoms with Gasteiger partial charge in [-0.2, -0.15) is 5.10 Å². The molecule has 1 aliphatic rings. The second-order valence-corrected chi connectivity index (χ2v) is 11.0. The highest BCUT2D eigenvalue weighted by Crippen LogP contribution is 2.30. The van der Waals surface area contributed by atoms with Crippen LogP contribution < -0.4 is 15.9 Å². The van der Waals surface area contributed by atoms with Crippen LogP contribution in [-0.4, -0.2) is 25.1 Å². The molecule has 3 aromatic heterocycles. The molecule has 3 aromatic rings. The standard InChI is InChI=1S/C33H38N6/c1-9-13-27(24-14-11-12-15-24)30-23(5)36-32(37-30)31-28(29(10-2)38-39-31)16-21(3)25-17-26(20-34-19-25)35-22(4)18-33(6,7)8/h9-11,13-17,19-20,35,38H,1,3-4,12,18H2,2,5-8H3,(H,36,37)/b27-13-,28-16+,29-10+. The minimum Gasteiger partial charge on any atom is -0.358 e. The van der Waals surface area contributed by atoms with Gasteiger partial charge in [-0.3, -0.25) is 10.1 Å². The molecule has 0 aliphatic heterocycles. The molecule has 0 aromatic carbocycles. The molecule has 200 valence electrons. The minimum atomic E-state index is 0.147. The third-order valence-corrected chi connectivity index (χ3v) is 6.35. The molecule has 0 amide bonds. The van der Waals surface area contributed by atoms with Gasteiger partial charge in [-0.25, -0.2) is 4.98 Å². The Kier molecular flexibility index (Phi) is 8.15. The quantitative estimate of drug-likeness (QED) is 0.278. The van der Waals surface area contributed by atoms with Crippen LogP contribution in [-0.2, 0) is 0 Å². The van der Waals surface area contributed by atoms with Crippen molar-refractivity contribution < 1.29 is 0 Å².